The fourth-order valence-electron chi connectivity index (χ4n) is 3.28. The number of hydrogen-bond acceptors (Lipinski definition) is 5. The molecule has 1 atom stereocenters. The number of esters is 1. The third kappa shape index (κ3) is 4.55. The predicted octanol–water partition coefficient (Wildman–Crippen LogP) is 1.79. The maximum atomic E-state index is 12.3. The number of methoxy groups -OCH3 is 1. The molecule has 7 nitrogen and oxygen atoms in total. The Balaban J connectivity index is 1.88. The monoisotopic (exact) mass is 380 g/mol. The zero-order chi connectivity index (χ0) is 20.1. The molecule has 0 saturated carbocycles. The summed E-state index contributed by atoms with van der Waals surface area (Å²) in [6, 6.07) is 12.4. The van der Waals surface area contributed by atoms with Crippen molar-refractivity contribution in [2.24, 2.45) is 5.73 Å². The van der Waals surface area contributed by atoms with Crippen molar-refractivity contribution >= 4 is 17.7 Å². The van der Waals surface area contributed by atoms with Gasteiger partial charge in [0.2, 0.25) is 5.91 Å². The molecule has 2 aromatic carbocycles. The Bertz CT molecular complexity index is 904. The number of amides is 1. The highest BCUT2D eigenvalue weighted by Crippen LogP contribution is 2.24. The molecule has 1 aliphatic rings. The van der Waals surface area contributed by atoms with Crippen molar-refractivity contribution in [3.8, 4) is 11.1 Å². The summed E-state index contributed by atoms with van der Waals surface area (Å²) in [7, 11) is 1.33. The van der Waals surface area contributed by atoms with E-state index in [0.717, 1.165) is 36.1 Å². The summed E-state index contributed by atoms with van der Waals surface area (Å²) >= 11 is 0. The predicted molar refractivity (Wildman–Crippen MR) is 107 cm³/mol. The molecule has 2 aromatic rings. The molecule has 1 aliphatic heterocycles. The van der Waals surface area contributed by atoms with Gasteiger partial charge in [0, 0.05) is 12.1 Å². The first-order valence-electron chi connectivity index (χ1n) is 9.16. The molecule has 1 fully saturated rings. The van der Waals surface area contributed by atoms with Crippen LogP contribution in [0.4, 0.5) is 0 Å². The maximum Gasteiger partial charge on any atom is 0.337 e. The number of nitrogen functional groups attached to an aromatic ring is 1. The van der Waals surface area contributed by atoms with Crippen molar-refractivity contribution in [2.45, 2.75) is 25.4 Å². The number of rotatable bonds is 6. The van der Waals surface area contributed by atoms with E-state index in [9.17, 15) is 9.59 Å². The Morgan fingerprint density at radius 2 is 2.00 bits per heavy atom. The van der Waals surface area contributed by atoms with Crippen LogP contribution in [0.25, 0.3) is 11.1 Å². The fourth-order valence-corrected chi connectivity index (χ4v) is 3.28. The summed E-state index contributed by atoms with van der Waals surface area (Å²) in [5.74, 6) is -0.516. The molecule has 28 heavy (non-hydrogen) atoms. The summed E-state index contributed by atoms with van der Waals surface area (Å²) in [4.78, 5) is 24.4. The lowest BCUT2D eigenvalue weighted by atomic mass is 9.98. The van der Waals surface area contributed by atoms with E-state index < -0.39 is 5.97 Å². The van der Waals surface area contributed by atoms with Crippen LogP contribution in [0.2, 0.25) is 0 Å². The largest absolute Gasteiger partial charge is 0.465 e. The number of nitrogens with two attached hydrogens (primary N) is 1. The van der Waals surface area contributed by atoms with Crippen LogP contribution in [0, 0.1) is 5.41 Å². The van der Waals surface area contributed by atoms with Crippen molar-refractivity contribution in [3.63, 3.8) is 0 Å². The van der Waals surface area contributed by atoms with Crippen LogP contribution in [0.15, 0.2) is 42.5 Å². The molecular weight excluding hydrogens is 356 g/mol. The number of hydrogen-bond donors (Lipinski definition) is 4. The normalized spacial score (nSPS) is 15.8. The van der Waals surface area contributed by atoms with Gasteiger partial charge >= 0.3 is 5.97 Å². The van der Waals surface area contributed by atoms with Crippen LogP contribution in [-0.4, -0.2) is 37.4 Å². The van der Waals surface area contributed by atoms with Gasteiger partial charge in [0.25, 0.3) is 0 Å². The standard InChI is InChI=1S/C21H24N4O3/c1-28-21(27)17-9-13(12-25-20(26)18-6-3-7-24-18)8-16(11-17)14-4-2-5-15(10-14)19(22)23/h2,4-5,8-11,18,24H,3,6-7,12H2,1H3,(H3,22,23)(H,25,26)/t18-/m0/s1. The molecule has 0 radical (unpaired) electrons. The van der Waals surface area contributed by atoms with Gasteiger partial charge in [-0.25, -0.2) is 4.79 Å². The van der Waals surface area contributed by atoms with Crippen molar-refractivity contribution in [3.05, 3.63) is 59.2 Å². The van der Waals surface area contributed by atoms with E-state index in [4.69, 9.17) is 15.9 Å². The second-order valence-corrected chi connectivity index (χ2v) is 6.77. The Hall–Kier alpha value is -3.19. The third-order valence-corrected chi connectivity index (χ3v) is 4.76. The number of carbonyl (C=O) groups excluding carboxylic acids is 2. The molecular formula is C21H24N4O3. The van der Waals surface area contributed by atoms with Gasteiger partial charge in [-0.05, 0) is 60.3 Å². The SMILES string of the molecule is COC(=O)c1cc(CNC(=O)[C@@H]2CCCN2)cc(-c2cccc(C(=N)N)c2)c1. The molecule has 1 saturated heterocycles. The number of carbonyl (C=O) groups is 2. The minimum Gasteiger partial charge on any atom is -0.465 e. The van der Waals surface area contributed by atoms with Gasteiger partial charge < -0.3 is 21.1 Å². The highest BCUT2D eigenvalue weighted by molar-refractivity contribution is 5.96. The van der Waals surface area contributed by atoms with Gasteiger partial charge in [-0.1, -0.05) is 18.2 Å². The lowest BCUT2D eigenvalue weighted by Gasteiger charge is -2.13. The zero-order valence-electron chi connectivity index (χ0n) is 15.7. The van der Waals surface area contributed by atoms with Crippen LogP contribution < -0.4 is 16.4 Å². The van der Waals surface area contributed by atoms with Crippen LogP contribution in [-0.2, 0) is 16.1 Å². The van der Waals surface area contributed by atoms with Crippen LogP contribution in [0.3, 0.4) is 0 Å². The molecule has 0 spiro atoms. The topological polar surface area (TPSA) is 117 Å². The maximum absolute atomic E-state index is 12.3. The quantitative estimate of drug-likeness (QED) is 0.346. The summed E-state index contributed by atoms with van der Waals surface area (Å²) < 4.78 is 4.86. The van der Waals surface area contributed by atoms with E-state index in [1.807, 2.05) is 18.2 Å². The van der Waals surface area contributed by atoms with E-state index in [2.05, 4.69) is 10.6 Å². The van der Waals surface area contributed by atoms with E-state index in [1.54, 1.807) is 24.3 Å². The van der Waals surface area contributed by atoms with Gasteiger partial charge in [0.15, 0.2) is 0 Å². The molecule has 1 heterocycles. The number of ether oxygens (including phenoxy) is 1. The highest BCUT2D eigenvalue weighted by Gasteiger charge is 2.21. The molecule has 3 rings (SSSR count). The van der Waals surface area contributed by atoms with Crippen LogP contribution in [0.1, 0.15) is 34.3 Å². The van der Waals surface area contributed by atoms with E-state index in [-0.39, 0.29) is 17.8 Å². The minimum absolute atomic E-state index is 0.0254. The molecule has 0 aromatic heterocycles. The van der Waals surface area contributed by atoms with Gasteiger partial charge in [0.1, 0.15) is 5.84 Å². The van der Waals surface area contributed by atoms with Gasteiger partial charge in [0.05, 0.1) is 18.7 Å². The lowest BCUT2D eigenvalue weighted by Crippen LogP contribution is -2.40. The van der Waals surface area contributed by atoms with Crippen molar-refractivity contribution in [1.82, 2.24) is 10.6 Å². The number of nitrogens with one attached hydrogen (secondary N) is 3. The van der Waals surface area contributed by atoms with E-state index >= 15 is 0 Å². The average molecular weight is 380 g/mol. The summed E-state index contributed by atoms with van der Waals surface area (Å²) in [6.45, 7) is 1.16. The minimum atomic E-state index is -0.449. The Kier molecular flexibility index (Phi) is 6.06. The number of amidine groups is 1. The zero-order valence-corrected chi connectivity index (χ0v) is 15.7. The summed E-state index contributed by atoms with van der Waals surface area (Å²) in [6.07, 6.45) is 1.82. The van der Waals surface area contributed by atoms with Crippen LogP contribution in [0.5, 0.6) is 0 Å². The molecule has 0 bridgehead atoms. The molecule has 1 amide bonds. The summed E-state index contributed by atoms with van der Waals surface area (Å²) in [5.41, 5.74) is 8.98. The van der Waals surface area contributed by atoms with Crippen LogP contribution >= 0.6 is 0 Å². The third-order valence-electron chi connectivity index (χ3n) is 4.76. The number of benzene rings is 2. The molecule has 0 unspecified atom stereocenters. The second kappa shape index (κ2) is 8.67. The summed E-state index contributed by atoms with van der Waals surface area (Å²) in [5, 5.41) is 13.7. The molecule has 7 heteroatoms. The van der Waals surface area contributed by atoms with Crippen molar-refractivity contribution in [2.75, 3.05) is 13.7 Å². The van der Waals surface area contributed by atoms with Crippen molar-refractivity contribution in [1.29, 1.82) is 5.41 Å². The average Bonchev–Trinajstić information content (AvgIpc) is 3.26. The first-order valence-corrected chi connectivity index (χ1v) is 9.16. The highest BCUT2D eigenvalue weighted by atomic mass is 16.5. The fraction of sp³-hybridized carbons (Fsp3) is 0.286. The molecule has 0 aliphatic carbocycles. The molecule has 5 N–H and O–H groups in total. The van der Waals surface area contributed by atoms with Gasteiger partial charge in [-0.3, -0.25) is 10.2 Å². The molecule has 146 valence electrons. The Labute approximate surface area is 163 Å². The van der Waals surface area contributed by atoms with Crippen molar-refractivity contribution < 1.29 is 14.3 Å². The lowest BCUT2D eigenvalue weighted by molar-refractivity contribution is -0.122. The smallest absolute Gasteiger partial charge is 0.337 e. The van der Waals surface area contributed by atoms with E-state index in [0.29, 0.717) is 17.7 Å². The Morgan fingerprint density at radius 3 is 2.68 bits per heavy atom. The first-order chi connectivity index (χ1) is 13.5. The van der Waals surface area contributed by atoms with Gasteiger partial charge in [-0.15, -0.1) is 0 Å². The first kappa shape index (κ1) is 19.6. The Morgan fingerprint density at radius 1 is 1.21 bits per heavy atom. The second-order valence-electron chi connectivity index (χ2n) is 6.77. The van der Waals surface area contributed by atoms with E-state index in [1.165, 1.54) is 7.11 Å². The van der Waals surface area contributed by atoms with Gasteiger partial charge in [-0.2, -0.15) is 0 Å².